The topological polar surface area (TPSA) is 71.2 Å². The smallest absolute Gasteiger partial charge is 0.221 e. The quantitative estimate of drug-likeness (QED) is 0.735. The molecule has 1 amide bonds. The maximum absolute atomic E-state index is 11.2. The zero-order valence-electron chi connectivity index (χ0n) is 9.15. The van der Waals surface area contributed by atoms with Crippen molar-refractivity contribution >= 4 is 11.7 Å². The van der Waals surface area contributed by atoms with Crippen LogP contribution in [0.3, 0.4) is 0 Å². The van der Waals surface area contributed by atoms with Gasteiger partial charge in [0.05, 0.1) is 5.69 Å². The SMILES string of the molecule is Nc1cccc(CN2CCNC(=O)CC2)n1. The predicted octanol–water partition coefficient (Wildman–Crippen LogP) is -0.0143. The molecule has 0 bridgehead atoms. The van der Waals surface area contributed by atoms with Crippen molar-refractivity contribution in [3.63, 3.8) is 0 Å². The summed E-state index contributed by atoms with van der Waals surface area (Å²) in [4.78, 5) is 17.6. The molecule has 2 rings (SSSR count). The molecule has 5 heteroatoms. The molecular weight excluding hydrogens is 204 g/mol. The van der Waals surface area contributed by atoms with Crippen molar-refractivity contribution in [2.75, 3.05) is 25.4 Å². The van der Waals surface area contributed by atoms with Gasteiger partial charge in [0.15, 0.2) is 0 Å². The van der Waals surface area contributed by atoms with E-state index in [0.717, 1.165) is 25.3 Å². The van der Waals surface area contributed by atoms with Crippen molar-refractivity contribution in [1.29, 1.82) is 0 Å². The van der Waals surface area contributed by atoms with Crippen LogP contribution in [0.15, 0.2) is 18.2 Å². The first-order valence-corrected chi connectivity index (χ1v) is 5.44. The molecule has 3 N–H and O–H groups in total. The van der Waals surface area contributed by atoms with E-state index in [0.29, 0.717) is 18.8 Å². The number of carbonyl (C=O) groups is 1. The number of carbonyl (C=O) groups excluding carboxylic acids is 1. The molecule has 5 nitrogen and oxygen atoms in total. The number of nitrogens with two attached hydrogens (primary N) is 1. The summed E-state index contributed by atoms with van der Waals surface area (Å²) in [5.41, 5.74) is 6.57. The molecule has 86 valence electrons. The largest absolute Gasteiger partial charge is 0.384 e. The molecule has 1 fully saturated rings. The second-order valence-electron chi connectivity index (χ2n) is 3.93. The third-order valence-electron chi connectivity index (χ3n) is 2.62. The Hall–Kier alpha value is -1.62. The fourth-order valence-electron chi connectivity index (χ4n) is 1.79. The van der Waals surface area contributed by atoms with E-state index in [9.17, 15) is 4.79 Å². The van der Waals surface area contributed by atoms with E-state index >= 15 is 0 Å². The molecule has 1 aliphatic rings. The molecule has 1 aromatic rings. The molecule has 0 spiro atoms. The Kier molecular flexibility index (Phi) is 3.36. The molecule has 1 aliphatic heterocycles. The summed E-state index contributed by atoms with van der Waals surface area (Å²) in [5, 5.41) is 2.85. The number of anilines is 1. The van der Waals surface area contributed by atoms with E-state index in [1.54, 1.807) is 6.07 Å². The minimum atomic E-state index is 0.128. The summed E-state index contributed by atoms with van der Waals surface area (Å²) in [6.07, 6.45) is 0.558. The van der Waals surface area contributed by atoms with Gasteiger partial charge in [-0.3, -0.25) is 9.69 Å². The average Bonchev–Trinajstić information content (AvgIpc) is 2.44. The Bertz CT molecular complexity index is 380. The Balaban J connectivity index is 1.96. The molecule has 0 unspecified atom stereocenters. The summed E-state index contributed by atoms with van der Waals surface area (Å²) in [5.74, 6) is 0.671. The van der Waals surface area contributed by atoms with E-state index in [1.165, 1.54) is 0 Å². The third-order valence-corrected chi connectivity index (χ3v) is 2.62. The Labute approximate surface area is 94.6 Å². The van der Waals surface area contributed by atoms with Gasteiger partial charge >= 0.3 is 0 Å². The fourth-order valence-corrected chi connectivity index (χ4v) is 1.79. The number of hydrogen-bond donors (Lipinski definition) is 2. The lowest BCUT2D eigenvalue weighted by molar-refractivity contribution is -0.120. The van der Waals surface area contributed by atoms with Gasteiger partial charge in [-0.2, -0.15) is 0 Å². The standard InChI is InChI=1S/C11H16N4O/c12-10-3-1-2-9(14-10)8-15-6-4-11(16)13-5-7-15/h1-3H,4-8H2,(H2,12,14)(H,13,16). The number of pyridine rings is 1. The Morgan fingerprint density at radius 3 is 3.12 bits per heavy atom. The number of nitrogen functional groups attached to an aromatic ring is 1. The Morgan fingerprint density at radius 1 is 1.44 bits per heavy atom. The summed E-state index contributed by atoms with van der Waals surface area (Å²) in [6, 6.07) is 5.63. The normalized spacial score (nSPS) is 17.9. The van der Waals surface area contributed by atoms with Gasteiger partial charge < -0.3 is 11.1 Å². The van der Waals surface area contributed by atoms with Crippen LogP contribution in [-0.2, 0) is 11.3 Å². The molecule has 0 atom stereocenters. The van der Waals surface area contributed by atoms with E-state index in [-0.39, 0.29) is 5.91 Å². The molecule has 16 heavy (non-hydrogen) atoms. The van der Waals surface area contributed by atoms with E-state index < -0.39 is 0 Å². The maximum atomic E-state index is 11.2. The van der Waals surface area contributed by atoms with Gasteiger partial charge in [0.2, 0.25) is 5.91 Å². The summed E-state index contributed by atoms with van der Waals surface area (Å²) >= 11 is 0. The van der Waals surface area contributed by atoms with Crippen molar-refractivity contribution in [3.8, 4) is 0 Å². The minimum absolute atomic E-state index is 0.128. The van der Waals surface area contributed by atoms with Crippen LogP contribution in [-0.4, -0.2) is 35.4 Å². The molecular formula is C11H16N4O. The summed E-state index contributed by atoms with van der Waals surface area (Å²) in [7, 11) is 0. The molecule has 1 aromatic heterocycles. The number of nitrogens with zero attached hydrogens (tertiary/aromatic N) is 2. The number of aromatic nitrogens is 1. The molecule has 2 heterocycles. The van der Waals surface area contributed by atoms with Crippen molar-refractivity contribution < 1.29 is 4.79 Å². The zero-order chi connectivity index (χ0) is 11.4. The second kappa shape index (κ2) is 4.94. The highest BCUT2D eigenvalue weighted by Crippen LogP contribution is 2.06. The van der Waals surface area contributed by atoms with Crippen LogP contribution >= 0.6 is 0 Å². The van der Waals surface area contributed by atoms with Crippen LogP contribution in [0.25, 0.3) is 0 Å². The van der Waals surface area contributed by atoms with E-state index in [4.69, 9.17) is 5.73 Å². The Morgan fingerprint density at radius 2 is 2.31 bits per heavy atom. The number of rotatable bonds is 2. The first-order chi connectivity index (χ1) is 7.74. The van der Waals surface area contributed by atoms with Gasteiger partial charge in [0.25, 0.3) is 0 Å². The molecule has 0 radical (unpaired) electrons. The van der Waals surface area contributed by atoms with Crippen LogP contribution in [0.4, 0.5) is 5.82 Å². The third kappa shape index (κ3) is 2.93. The highest BCUT2D eigenvalue weighted by molar-refractivity contribution is 5.76. The highest BCUT2D eigenvalue weighted by Gasteiger charge is 2.13. The summed E-state index contributed by atoms with van der Waals surface area (Å²) < 4.78 is 0. The predicted molar refractivity (Wildman–Crippen MR) is 61.6 cm³/mol. The van der Waals surface area contributed by atoms with Crippen LogP contribution in [0, 0.1) is 0 Å². The molecule has 1 saturated heterocycles. The lowest BCUT2D eigenvalue weighted by Crippen LogP contribution is -2.28. The zero-order valence-corrected chi connectivity index (χ0v) is 9.15. The fraction of sp³-hybridized carbons (Fsp3) is 0.455. The summed E-state index contributed by atoms with van der Waals surface area (Å²) in [6.45, 7) is 3.10. The van der Waals surface area contributed by atoms with Crippen LogP contribution in [0.5, 0.6) is 0 Å². The van der Waals surface area contributed by atoms with Crippen molar-refractivity contribution in [2.45, 2.75) is 13.0 Å². The van der Waals surface area contributed by atoms with Gasteiger partial charge in [-0.25, -0.2) is 4.98 Å². The van der Waals surface area contributed by atoms with Crippen LogP contribution < -0.4 is 11.1 Å². The van der Waals surface area contributed by atoms with Crippen molar-refractivity contribution in [1.82, 2.24) is 15.2 Å². The van der Waals surface area contributed by atoms with Crippen molar-refractivity contribution in [3.05, 3.63) is 23.9 Å². The van der Waals surface area contributed by atoms with Crippen molar-refractivity contribution in [2.24, 2.45) is 0 Å². The molecule has 0 saturated carbocycles. The molecule has 0 aromatic carbocycles. The molecule has 0 aliphatic carbocycles. The first kappa shape index (κ1) is 10.9. The number of nitrogens with one attached hydrogen (secondary N) is 1. The van der Waals surface area contributed by atoms with Crippen LogP contribution in [0.2, 0.25) is 0 Å². The van der Waals surface area contributed by atoms with Gasteiger partial charge in [0.1, 0.15) is 5.82 Å². The average molecular weight is 220 g/mol. The lowest BCUT2D eigenvalue weighted by Gasteiger charge is -2.18. The highest BCUT2D eigenvalue weighted by atomic mass is 16.1. The monoisotopic (exact) mass is 220 g/mol. The van der Waals surface area contributed by atoms with Gasteiger partial charge in [-0.1, -0.05) is 6.07 Å². The lowest BCUT2D eigenvalue weighted by atomic mass is 10.3. The minimum Gasteiger partial charge on any atom is -0.384 e. The van der Waals surface area contributed by atoms with Gasteiger partial charge in [0, 0.05) is 32.6 Å². The first-order valence-electron chi connectivity index (χ1n) is 5.44. The number of hydrogen-bond acceptors (Lipinski definition) is 4. The van der Waals surface area contributed by atoms with E-state index in [1.807, 2.05) is 12.1 Å². The number of amides is 1. The van der Waals surface area contributed by atoms with Crippen LogP contribution in [0.1, 0.15) is 12.1 Å². The second-order valence-corrected chi connectivity index (χ2v) is 3.93. The van der Waals surface area contributed by atoms with Gasteiger partial charge in [-0.15, -0.1) is 0 Å². The van der Waals surface area contributed by atoms with Gasteiger partial charge in [-0.05, 0) is 12.1 Å². The maximum Gasteiger partial charge on any atom is 0.221 e. The van der Waals surface area contributed by atoms with E-state index in [2.05, 4.69) is 15.2 Å².